The Morgan fingerprint density at radius 3 is 2.33 bits per heavy atom. The second-order valence-corrected chi connectivity index (χ2v) is 5.51. The zero-order chi connectivity index (χ0) is 19.1. The Bertz CT molecular complexity index is 946. The summed E-state index contributed by atoms with van der Waals surface area (Å²) in [7, 11) is 0. The molecule has 0 atom stereocenters. The SMILES string of the molecule is CCOC(=O)/C(C(=Nc1ccccc1)c1ccoc1)=[N+](/[O-])c1ccccc1. The van der Waals surface area contributed by atoms with Crippen molar-refractivity contribution in [3.8, 4) is 0 Å². The lowest BCUT2D eigenvalue weighted by atomic mass is 10.1. The summed E-state index contributed by atoms with van der Waals surface area (Å²) in [6.45, 7) is 1.81. The number of para-hydroxylation sites is 2. The molecule has 0 spiro atoms. The third-order valence-electron chi connectivity index (χ3n) is 3.68. The highest BCUT2D eigenvalue weighted by Gasteiger charge is 2.31. The van der Waals surface area contributed by atoms with Gasteiger partial charge < -0.3 is 14.4 Å². The topological polar surface area (TPSA) is 77.9 Å². The highest BCUT2D eigenvalue weighted by molar-refractivity contribution is 6.67. The van der Waals surface area contributed by atoms with Crippen LogP contribution in [0.4, 0.5) is 11.4 Å². The molecule has 0 aliphatic rings. The van der Waals surface area contributed by atoms with Crippen LogP contribution in [0.25, 0.3) is 0 Å². The predicted molar refractivity (Wildman–Crippen MR) is 103 cm³/mol. The number of benzene rings is 2. The maximum absolute atomic E-state index is 13.1. The fourth-order valence-electron chi connectivity index (χ4n) is 2.45. The molecule has 0 saturated carbocycles. The van der Waals surface area contributed by atoms with Gasteiger partial charge in [-0.1, -0.05) is 36.4 Å². The van der Waals surface area contributed by atoms with Crippen LogP contribution < -0.4 is 0 Å². The maximum atomic E-state index is 13.1. The molecule has 0 radical (unpaired) electrons. The van der Waals surface area contributed by atoms with Gasteiger partial charge >= 0.3 is 11.7 Å². The van der Waals surface area contributed by atoms with Crippen LogP contribution in [-0.4, -0.2) is 28.7 Å². The van der Waals surface area contributed by atoms with Crippen molar-refractivity contribution >= 4 is 28.8 Å². The first-order valence-corrected chi connectivity index (χ1v) is 8.43. The molecule has 0 fully saturated rings. The summed E-state index contributed by atoms with van der Waals surface area (Å²) in [6.07, 6.45) is 2.89. The Morgan fingerprint density at radius 2 is 1.74 bits per heavy atom. The number of carbonyl (C=O) groups excluding carboxylic acids is 1. The van der Waals surface area contributed by atoms with E-state index in [1.54, 1.807) is 55.5 Å². The van der Waals surface area contributed by atoms with Crippen LogP contribution in [0.5, 0.6) is 0 Å². The smallest absolute Gasteiger partial charge is 0.407 e. The molecule has 0 amide bonds. The molecule has 27 heavy (non-hydrogen) atoms. The van der Waals surface area contributed by atoms with Crippen LogP contribution in [0.1, 0.15) is 12.5 Å². The largest absolute Gasteiger partial charge is 0.618 e. The number of carbonyl (C=O) groups is 1. The van der Waals surface area contributed by atoms with Gasteiger partial charge in [0.05, 0.1) is 24.8 Å². The third-order valence-corrected chi connectivity index (χ3v) is 3.68. The minimum atomic E-state index is -0.757. The minimum Gasteiger partial charge on any atom is -0.618 e. The molecule has 1 aromatic heterocycles. The van der Waals surface area contributed by atoms with Crippen LogP contribution in [-0.2, 0) is 9.53 Å². The van der Waals surface area contributed by atoms with Gasteiger partial charge in [-0.05, 0) is 25.1 Å². The first kappa shape index (κ1) is 18.1. The summed E-state index contributed by atoms with van der Waals surface area (Å²) in [5, 5.41) is 13.1. The van der Waals surface area contributed by atoms with E-state index in [4.69, 9.17) is 9.15 Å². The second kappa shape index (κ2) is 8.62. The van der Waals surface area contributed by atoms with Crippen LogP contribution in [0.2, 0.25) is 0 Å². The van der Waals surface area contributed by atoms with Gasteiger partial charge in [-0.3, -0.25) is 0 Å². The van der Waals surface area contributed by atoms with Gasteiger partial charge in [-0.25, -0.2) is 9.79 Å². The van der Waals surface area contributed by atoms with E-state index in [-0.39, 0.29) is 18.0 Å². The fourth-order valence-corrected chi connectivity index (χ4v) is 2.45. The molecule has 0 saturated heterocycles. The monoisotopic (exact) mass is 362 g/mol. The number of esters is 1. The Labute approximate surface area is 156 Å². The van der Waals surface area contributed by atoms with E-state index in [0.29, 0.717) is 21.7 Å². The summed E-state index contributed by atoms with van der Waals surface area (Å²) in [5.74, 6) is -0.757. The molecular formula is C21H18N2O4. The van der Waals surface area contributed by atoms with Crippen molar-refractivity contribution in [2.24, 2.45) is 4.99 Å². The number of furan rings is 1. The van der Waals surface area contributed by atoms with Gasteiger partial charge in [-0.15, -0.1) is 0 Å². The minimum absolute atomic E-state index is 0.134. The van der Waals surface area contributed by atoms with Crippen molar-refractivity contribution in [1.29, 1.82) is 0 Å². The summed E-state index contributed by atoms with van der Waals surface area (Å²) < 4.78 is 10.8. The van der Waals surface area contributed by atoms with Crippen molar-refractivity contribution < 1.29 is 18.7 Å². The number of ether oxygens (including phenoxy) is 1. The molecule has 0 N–H and O–H groups in total. The number of hydrogen-bond acceptors (Lipinski definition) is 5. The highest BCUT2D eigenvalue weighted by atomic mass is 16.5. The normalized spacial score (nSPS) is 12.4. The van der Waals surface area contributed by atoms with Crippen molar-refractivity contribution in [2.45, 2.75) is 6.92 Å². The van der Waals surface area contributed by atoms with E-state index in [1.807, 2.05) is 18.2 Å². The number of hydrogen-bond donors (Lipinski definition) is 0. The lowest BCUT2D eigenvalue weighted by molar-refractivity contribution is -0.358. The molecule has 2 aromatic carbocycles. The van der Waals surface area contributed by atoms with Gasteiger partial charge in [0, 0.05) is 17.7 Å². The Balaban J connectivity index is 2.23. The van der Waals surface area contributed by atoms with Crippen LogP contribution in [0.3, 0.4) is 0 Å². The second-order valence-electron chi connectivity index (χ2n) is 5.51. The van der Waals surface area contributed by atoms with E-state index in [9.17, 15) is 10.0 Å². The highest BCUT2D eigenvalue weighted by Crippen LogP contribution is 2.18. The zero-order valence-electron chi connectivity index (χ0n) is 14.7. The Kier molecular flexibility index (Phi) is 5.79. The molecule has 136 valence electrons. The molecule has 0 aliphatic carbocycles. The summed E-state index contributed by atoms with van der Waals surface area (Å²) in [6, 6.07) is 19.1. The van der Waals surface area contributed by atoms with E-state index in [2.05, 4.69) is 4.99 Å². The average Bonchev–Trinajstić information content (AvgIpc) is 3.24. The van der Waals surface area contributed by atoms with Gasteiger partial charge in [0.2, 0.25) is 5.69 Å². The molecular weight excluding hydrogens is 344 g/mol. The molecule has 0 bridgehead atoms. The molecule has 6 nitrogen and oxygen atoms in total. The van der Waals surface area contributed by atoms with E-state index in [1.165, 1.54) is 12.5 Å². The maximum Gasteiger partial charge on any atom is 0.407 e. The van der Waals surface area contributed by atoms with Gasteiger partial charge in [0.25, 0.3) is 0 Å². The van der Waals surface area contributed by atoms with E-state index >= 15 is 0 Å². The van der Waals surface area contributed by atoms with Crippen molar-refractivity contribution in [2.75, 3.05) is 6.61 Å². The lowest BCUT2D eigenvalue weighted by Crippen LogP contribution is -2.33. The number of rotatable bonds is 6. The first-order valence-electron chi connectivity index (χ1n) is 8.43. The summed E-state index contributed by atoms with van der Waals surface area (Å²) in [4.78, 5) is 17.2. The van der Waals surface area contributed by atoms with Crippen LogP contribution in [0.15, 0.2) is 88.7 Å². The van der Waals surface area contributed by atoms with Gasteiger partial charge in [0.15, 0.2) is 5.71 Å². The molecule has 6 heteroatoms. The molecule has 0 unspecified atom stereocenters. The molecule has 3 rings (SSSR count). The zero-order valence-corrected chi connectivity index (χ0v) is 14.7. The quantitative estimate of drug-likeness (QED) is 0.216. The van der Waals surface area contributed by atoms with Gasteiger partial charge in [-0.2, -0.15) is 4.74 Å². The third kappa shape index (κ3) is 4.30. The predicted octanol–water partition coefficient (Wildman–Crippen LogP) is 4.25. The number of nitrogens with zero attached hydrogens (tertiary/aromatic N) is 2. The van der Waals surface area contributed by atoms with Gasteiger partial charge in [0.1, 0.15) is 0 Å². The standard InChI is InChI=1S/C21H18N2O4/c1-2-27-21(24)20(23(25)18-11-7-4-8-12-18)19(16-13-14-26-15-16)22-17-9-5-3-6-10-17/h3-15H,2H2,1H3/b22-19?,23-20+. The van der Waals surface area contributed by atoms with Crippen molar-refractivity contribution in [1.82, 2.24) is 0 Å². The summed E-state index contributed by atoms with van der Waals surface area (Å²) >= 11 is 0. The number of aliphatic imine (C=N–C) groups is 1. The lowest BCUT2D eigenvalue weighted by Gasteiger charge is -2.11. The average molecular weight is 362 g/mol. The van der Waals surface area contributed by atoms with Crippen molar-refractivity contribution in [3.05, 3.63) is 90.0 Å². The van der Waals surface area contributed by atoms with Crippen LogP contribution in [0, 0.1) is 5.21 Å². The Hall–Kier alpha value is -3.67. The first-order chi connectivity index (χ1) is 13.2. The molecule has 1 heterocycles. The summed E-state index contributed by atoms with van der Waals surface area (Å²) in [5.41, 5.74) is 1.35. The fraction of sp³-hybridized carbons (Fsp3) is 0.0952. The van der Waals surface area contributed by atoms with E-state index < -0.39 is 5.97 Å². The van der Waals surface area contributed by atoms with E-state index in [0.717, 1.165) is 0 Å². The molecule has 0 aliphatic heterocycles. The molecule has 3 aromatic rings. The van der Waals surface area contributed by atoms with Crippen molar-refractivity contribution in [3.63, 3.8) is 0 Å². The Morgan fingerprint density at radius 1 is 1.07 bits per heavy atom. The van der Waals surface area contributed by atoms with Crippen LogP contribution >= 0.6 is 0 Å².